The Morgan fingerprint density at radius 1 is 0.812 bits per heavy atom. The number of carbonyl (C=O) groups excluding carboxylic acids is 2. The predicted octanol–water partition coefficient (Wildman–Crippen LogP) is 3.90. The zero-order chi connectivity index (χ0) is 22.8. The Morgan fingerprint density at radius 3 is 2.34 bits per heavy atom. The Bertz CT molecular complexity index is 1050. The third-order valence-corrected chi connectivity index (χ3v) is 4.68. The van der Waals surface area contributed by atoms with Crippen LogP contribution in [0.15, 0.2) is 72.8 Å². The molecule has 0 aliphatic carbocycles. The van der Waals surface area contributed by atoms with Gasteiger partial charge in [0.15, 0.2) is 0 Å². The Labute approximate surface area is 187 Å². The van der Waals surface area contributed by atoms with Crippen molar-refractivity contribution in [3.05, 3.63) is 89.5 Å². The molecule has 0 spiro atoms. The summed E-state index contributed by atoms with van der Waals surface area (Å²) in [6.07, 6.45) is 0. The molecule has 0 bridgehead atoms. The van der Waals surface area contributed by atoms with Gasteiger partial charge in [-0.05, 0) is 54.1 Å². The molecule has 7 heteroatoms. The molecule has 0 saturated heterocycles. The van der Waals surface area contributed by atoms with Crippen molar-refractivity contribution in [2.75, 3.05) is 32.8 Å². The van der Waals surface area contributed by atoms with E-state index in [1.807, 2.05) is 24.3 Å². The van der Waals surface area contributed by atoms with E-state index in [1.54, 1.807) is 62.8 Å². The molecule has 0 atom stereocenters. The van der Waals surface area contributed by atoms with Gasteiger partial charge in [-0.1, -0.05) is 24.3 Å². The number of anilines is 1. The molecule has 0 aliphatic heterocycles. The maximum Gasteiger partial charge on any atom is 0.255 e. The Morgan fingerprint density at radius 2 is 1.59 bits per heavy atom. The highest BCUT2D eigenvalue weighted by Crippen LogP contribution is 2.18. The second kappa shape index (κ2) is 11.5. The number of amides is 2. The van der Waals surface area contributed by atoms with Gasteiger partial charge in [0.2, 0.25) is 0 Å². The average molecular weight is 434 g/mol. The number of hydrogen-bond acceptors (Lipinski definition) is 5. The van der Waals surface area contributed by atoms with E-state index in [-0.39, 0.29) is 11.8 Å². The van der Waals surface area contributed by atoms with Crippen LogP contribution in [0.5, 0.6) is 11.5 Å². The maximum atomic E-state index is 12.8. The summed E-state index contributed by atoms with van der Waals surface area (Å²) in [6.45, 7) is 1.27. The van der Waals surface area contributed by atoms with Gasteiger partial charge in [0.25, 0.3) is 11.8 Å². The van der Waals surface area contributed by atoms with Crippen molar-refractivity contribution < 1.29 is 23.8 Å². The molecule has 2 N–H and O–H groups in total. The highest BCUT2D eigenvalue weighted by molar-refractivity contribution is 6.09. The minimum atomic E-state index is -0.311. The summed E-state index contributed by atoms with van der Waals surface area (Å²) in [5, 5.41) is 5.70. The fourth-order valence-electron chi connectivity index (χ4n) is 2.99. The zero-order valence-electron chi connectivity index (χ0n) is 18.1. The minimum Gasteiger partial charge on any atom is -0.497 e. The lowest BCUT2D eigenvalue weighted by molar-refractivity contribution is 0.0951. The van der Waals surface area contributed by atoms with Gasteiger partial charge in [-0.3, -0.25) is 9.59 Å². The van der Waals surface area contributed by atoms with Crippen molar-refractivity contribution in [2.24, 2.45) is 0 Å². The Balaban J connectivity index is 1.64. The van der Waals surface area contributed by atoms with Crippen LogP contribution in [0.25, 0.3) is 0 Å². The van der Waals surface area contributed by atoms with Gasteiger partial charge in [-0.25, -0.2) is 0 Å². The van der Waals surface area contributed by atoms with Crippen LogP contribution < -0.4 is 20.1 Å². The first kappa shape index (κ1) is 22.8. The van der Waals surface area contributed by atoms with Crippen molar-refractivity contribution in [2.45, 2.75) is 6.54 Å². The SMILES string of the molecule is COCCOc1cccc(CNC(=O)c2ccccc2NC(=O)c2ccc(OC)cc2)c1. The topological polar surface area (TPSA) is 85.9 Å². The number of hydrogen-bond donors (Lipinski definition) is 2. The van der Waals surface area contributed by atoms with Gasteiger partial charge < -0.3 is 24.8 Å². The summed E-state index contributed by atoms with van der Waals surface area (Å²) in [5.41, 5.74) is 2.17. The Hall–Kier alpha value is -3.84. The van der Waals surface area contributed by atoms with Crippen LogP contribution in [-0.2, 0) is 11.3 Å². The van der Waals surface area contributed by atoms with E-state index in [0.29, 0.717) is 48.1 Å². The molecule has 0 fully saturated rings. The molecular weight excluding hydrogens is 408 g/mol. The molecule has 0 aromatic heterocycles. The third kappa shape index (κ3) is 6.33. The van der Waals surface area contributed by atoms with E-state index in [0.717, 1.165) is 5.56 Å². The van der Waals surface area contributed by atoms with Crippen LogP contribution in [0.3, 0.4) is 0 Å². The van der Waals surface area contributed by atoms with Gasteiger partial charge in [0.05, 0.1) is 25.0 Å². The molecular formula is C25H26N2O5. The lowest BCUT2D eigenvalue weighted by atomic mass is 10.1. The van der Waals surface area contributed by atoms with Crippen LogP contribution >= 0.6 is 0 Å². The second-order valence-electron chi connectivity index (χ2n) is 6.90. The number of para-hydroxylation sites is 1. The molecule has 0 saturated carbocycles. The monoisotopic (exact) mass is 434 g/mol. The summed E-state index contributed by atoms with van der Waals surface area (Å²) < 4.78 is 15.7. The van der Waals surface area contributed by atoms with Gasteiger partial charge in [-0.2, -0.15) is 0 Å². The Kier molecular flexibility index (Phi) is 8.22. The first-order valence-corrected chi connectivity index (χ1v) is 10.1. The molecule has 32 heavy (non-hydrogen) atoms. The third-order valence-electron chi connectivity index (χ3n) is 4.68. The van der Waals surface area contributed by atoms with E-state index >= 15 is 0 Å². The molecule has 0 radical (unpaired) electrons. The number of rotatable bonds is 10. The predicted molar refractivity (Wildman–Crippen MR) is 122 cm³/mol. The average Bonchev–Trinajstić information content (AvgIpc) is 2.83. The van der Waals surface area contributed by atoms with E-state index in [4.69, 9.17) is 14.2 Å². The summed E-state index contributed by atoms with van der Waals surface area (Å²) >= 11 is 0. The standard InChI is InChI=1S/C25H26N2O5/c1-30-14-15-32-21-7-5-6-18(16-21)17-26-25(29)22-8-3-4-9-23(22)27-24(28)19-10-12-20(31-2)13-11-19/h3-13,16H,14-15,17H2,1-2H3,(H,26,29)(H,27,28). The van der Waals surface area contributed by atoms with Crippen LogP contribution in [0, 0.1) is 0 Å². The number of nitrogens with one attached hydrogen (secondary N) is 2. The van der Waals surface area contributed by atoms with Crippen LogP contribution in [0.2, 0.25) is 0 Å². The number of carbonyl (C=O) groups is 2. The second-order valence-corrected chi connectivity index (χ2v) is 6.90. The number of benzene rings is 3. The van der Waals surface area contributed by atoms with E-state index in [9.17, 15) is 9.59 Å². The van der Waals surface area contributed by atoms with Gasteiger partial charge in [0.1, 0.15) is 18.1 Å². The fraction of sp³-hybridized carbons (Fsp3) is 0.200. The lowest BCUT2D eigenvalue weighted by Crippen LogP contribution is -2.25. The van der Waals surface area contributed by atoms with E-state index < -0.39 is 0 Å². The molecule has 3 rings (SSSR count). The van der Waals surface area contributed by atoms with Crippen molar-refractivity contribution in [1.29, 1.82) is 0 Å². The molecule has 0 unspecified atom stereocenters. The highest BCUT2D eigenvalue weighted by atomic mass is 16.5. The summed E-state index contributed by atoms with van der Waals surface area (Å²) in [6, 6.07) is 21.1. The molecule has 3 aromatic rings. The molecule has 166 valence electrons. The number of ether oxygens (including phenoxy) is 3. The van der Waals surface area contributed by atoms with Gasteiger partial charge in [-0.15, -0.1) is 0 Å². The summed E-state index contributed by atoms with van der Waals surface area (Å²) in [4.78, 5) is 25.4. The fourth-order valence-corrected chi connectivity index (χ4v) is 2.99. The lowest BCUT2D eigenvalue weighted by Gasteiger charge is -2.12. The molecule has 7 nitrogen and oxygen atoms in total. The first-order chi connectivity index (χ1) is 15.6. The van der Waals surface area contributed by atoms with Crippen molar-refractivity contribution in [3.8, 4) is 11.5 Å². The normalized spacial score (nSPS) is 10.3. The smallest absolute Gasteiger partial charge is 0.255 e. The quantitative estimate of drug-likeness (QED) is 0.473. The maximum absolute atomic E-state index is 12.8. The first-order valence-electron chi connectivity index (χ1n) is 10.1. The van der Waals surface area contributed by atoms with Crippen LogP contribution in [0.1, 0.15) is 26.3 Å². The van der Waals surface area contributed by atoms with E-state index in [2.05, 4.69) is 10.6 Å². The summed E-state index contributed by atoms with van der Waals surface area (Å²) in [5.74, 6) is 0.769. The largest absolute Gasteiger partial charge is 0.497 e. The van der Waals surface area contributed by atoms with Crippen molar-refractivity contribution >= 4 is 17.5 Å². The zero-order valence-corrected chi connectivity index (χ0v) is 18.1. The highest BCUT2D eigenvalue weighted by Gasteiger charge is 2.14. The van der Waals surface area contributed by atoms with Gasteiger partial charge in [0, 0.05) is 19.2 Å². The molecule has 2 amide bonds. The molecule has 0 heterocycles. The minimum absolute atomic E-state index is 0.290. The van der Waals surface area contributed by atoms with Gasteiger partial charge >= 0.3 is 0 Å². The van der Waals surface area contributed by atoms with Crippen molar-refractivity contribution in [3.63, 3.8) is 0 Å². The van der Waals surface area contributed by atoms with Crippen LogP contribution in [-0.4, -0.2) is 39.2 Å². The molecule has 0 aliphatic rings. The molecule has 3 aromatic carbocycles. The van der Waals surface area contributed by atoms with E-state index in [1.165, 1.54) is 0 Å². The van der Waals surface area contributed by atoms with Crippen molar-refractivity contribution in [1.82, 2.24) is 5.32 Å². The number of methoxy groups -OCH3 is 2. The van der Waals surface area contributed by atoms with Crippen LogP contribution in [0.4, 0.5) is 5.69 Å². The summed E-state index contributed by atoms with van der Waals surface area (Å²) in [7, 11) is 3.18.